The maximum absolute atomic E-state index is 11.4. The van der Waals surface area contributed by atoms with E-state index < -0.39 is 5.97 Å². The summed E-state index contributed by atoms with van der Waals surface area (Å²) in [6.45, 7) is 6.89. The van der Waals surface area contributed by atoms with Crippen LogP contribution in [0.3, 0.4) is 0 Å². The number of fused-ring (bicyclic) bond motifs is 5. The second kappa shape index (κ2) is 7.12. The topological polar surface area (TPSA) is 77.8 Å². The van der Waals surface area contributed by atoms with E-state index in [-0.39, 0.29) is 29.5 Å². The quantitative estimate of drug-likeness (QED) is 0.627. The third-order valence-electron chi connectivity index (χ3n) is 9.81. The highest BCUT2D eigenvalue weighted by Crippen LogP contribution is 2.66. The number of aliphatic carboxylic acids is 1. The molecule has 10 atom stereocenters. The zero-order chi connectivity index (χ0) is 20.3. The molecule has 0 aromatic rings. The molecule has 0 saturated heterocycles. The van der Waals surface area contributed by atoms with E-state index >= 15 is 0 Å². The Hall–Kier alpha value is -0.870. The number of carboxylic acid groups (broad SMARTS) is 1. The number of aliphatic hydroxyl groups excluding tert-OH is 2. The Labute approximate surface area is 169 Å². The molecule has 0 bridgehead atoms. The van der Waals surface area contributed by atoms with Crippen molar-refractivity contribution in [1.29, 1.82) is 0 Å². The fourth-order valence-electron chi connectivity index (χ4n) is 8.08. The van der Waals surface area contributed by atoms with Crippen LogP contribution in [-0.4, -0.2) is 33.5 Å². The molecule has 0 spiro atoms. The summed E-state index contributed by atoms with van der Waals surface area (Å²) in [6.07, 6.45) is 11.2. The van der Waals surface area contributed by atoms with Crippen LogP contribution in [0.2, 0.25) is 0 Å². The zero-order valence-electron chi connectivity index (χ0n) is 17.7. The lowest BCUT2D eigenvalue weighted by molar-refractivity contribution is -0.145. The molecule has 0 heterocycles. The summed E-state index contributed by atoms with van der Waals surface area (Å²) in [5, 5.41) is 30.7. The van der Waals surface area contributed by atoms with Crippen molar-refractivity contribution < 1.29 is 20.1 Å². The van der Waals surface area contributed by atoms with Gasteiger partial charge in [0.25, 0.3) is 0 Å². The van der Waals surface area contributed by atoms with Crippen molar-refractivity contribution in [3.05, 3.63) is 12.2 Å². The van der Waals surface area contributed by atoms with E-state index in [1.165, 1.54) is 0 Å². The summed E-state index contributed by atoms with van der Waals surface area (Å²) in [4.78, 5) is 11.0. The molecule has 4 rings (SSSR count). The predicted octanol–water partition coefficient (Wildman–Crippen LogP) is 4.25. The first kappa shape index (κ1) is 20.4. The van der Waals surface area contributed by atoms with Crippen LogP contribution in [-0.2, 0) is 4.79 Å². The Morgan fingerprint density at radius 3 is 2.57 bits per heavy atom. The fourth-order valence-corrected chi connectivity index (χ4v) is 8.08. The first-order valence-electron chi connectivity index (χ1n) is 11.4. The van der Waals surface area contributed by atoms with Gasteiger partial charge < -0.3 is 15.3 Å². The van der Waals surface area contributed by atoms with Gasteiger partial charge in [0.05, 0.1) is 12.2 Å². The van der Waals surface area contributed by atoms with Gasteiger partial charge in [-0.15, -0.1) is 0 Å². The number of rotatable bonds is 4. The first-order valence-corrected chi connectivity index (χ1v) is 11.4. The molecule has 4 nitrogen and oxygen atoms in total. The van der Waals surface area contributed by atoms with Crippen LogP contribution in [0.15, 0.2) is 12.2 Å². The van der Waals surface area contributed by atoms with E-state index in [2.05, 4.69) is 32.9 Å². The van der Waals surface area contributed by atoms with Crippen molar-refractivity contribution in [2.75, 3.05) is 0 Å². The van der Waals surface area contributed by atoms with Crippen LogP contribution in [0.1, 0.15) is 72.1 Å². The molecule has 28 heavy (non-hydrogen) atoms. The van der Waals surface area contributed by atoms with Crippen LogP contribution in [0.25, 0.3) is 0 Å². The van der Waals surface area contributed by atoms with Crippen molar-refractivity contribution in [3.63, 3.8) is 0 Å². The number of aliphatic hydroxyl groups is 2. The van der Waals surface area contributed by atoms with Crippen molar-refractivity contribution in [1.82, 2.24) is 0 Å². The molecular formula is C24H38O4. The van der Waals surface area contributed by atoms with Crippen molar-refractivity contribution in [2.45, 2.75) is 84.3 Å². The summed E-state index contributed by atoms with van der Waals surface area (Å²) in [7, 11) is 0. The average Bonchev–Trinajstić information content (AvgIpc) is 3.00. The predicted molar refractivity (Wildman–Crippen MR) is 109 cm³/mol. The summed E-state index contributed by atoms with van der Waals surface area (Å²) in [5.74, 6) is 1.94. The van der Waals surface area contributed by atoms with Gasteiger partial charge in [0.15, 0.2) is 0 Å². The zero-order valence-corrected chi connectivity index (χ0v) is 17.7. The molecule has 0 aromatic carbocycles. The average molecular weight is 391 g/mol. The van der Waals surface area contributed by atoms with Gasteiger partial charge in [0.1, 0.15) is 0 Å². The monoisotopic (exact) mass is 390 g/mol. The van der Waals surface area contributed by atoms with Gasteiger partial charge in [0, 0.05) is 6.42 Å². The Morgan fingerprint density at radius 2 is 1.86 bits per heavy atom. The van der Waals surface area contributed by atoms with Crippen LogP contribution < -0.4 is 0 Å². The van der Waals surface area contributed by atoms with E-state index in [1.807, 2.05) is 0 Å². The highest BCUT2D eigenvalue weighted by Gasteiger charge is 2.62. The molecule has 0 amide bonds. The Kier molecular flexibility index (Phi) is 5.19. The normalized spacial score (nSPS) is 51.1. The largest absolute Gasteiger partial charge is 0.481 e. The molecule has 158 valence electrons. The molecule has 0 aromatic heterocycles. The minimum atomic E-state index is -0.718. The van der Waals surface area contributed by atoms with Crippen molar-refractivity contribution in [2.24, 2.45) is 46.3 Å². The summed E-state index contributed by atoms with van der Waals surface area (Å²) in [6, 6.07) is 0. The van der Waals surface area contributed by atoms with Gasteiger partial charge in [0.2, 0.25) is 0 Å². The van der Waals surface area contributed by atoms with Crippen molar-refractivity contribution in [3.8, 4) is 0 Å². The molecule has 4 aliphatic rings. The second-order valence-corrected chi connectivity index (χ2v) is 10.9. The van der Waals surface area contributed by atoms with E-state index in [1.54, 1.807) is 0 Å². The summed E-state index contributed by atoms with van der Waals surface area (Å²) in [5.41, 5.74) is 0.0781. The minimum absolute atomic E-state index is 0.110. The standard InChI is InChI=1S/C24H38O4/c1-14(4-9-22(27)28)18-7-8-19-17-6-5-15-12-16(25)10-11-23(15,2)20(17)13-21(26)24(18,19)3/h5-6,14-21,25-26H,4,7-13H2,1-3H3,(H,27,28)/t14?,15-,16-,17+,18-,19+,20+,21+,23+,24-/m1/s1. The van der Waals surface area contributed by atoms with Gasteiger partial charge in [-0.2, -0.15) is 0 Å². The SMILES string of the molecule is CC(CCC(=O)O)[C@H]1CC[C@H]2[C@@H]3C=C[C@@H]4C[C@H](O)CC[C@]4(C)[C@H]3C[C@H](O)[C@]12C. The number of hydrogen-bond acceptors (Lipinski definition) is 3. The smallest absolute Gasteiger partial charge is 0.303 e. The van der Waals surface area contributed by atoms with Crippen LogP contribution in [0.5, 0.6) is 0 Å². The molecule has 4 heteroatoms. The number of carboxylic acids is 1. The molecule has 4 aliphatic carbocycles. The fraction of sp³-hybridized carbons (Fsp3) is 0.875. The Balaban J connectivity index is 1.60. The Morgan fingerprint density at radius 1 is 1.11 bits per heavy atom. The van der Waals surface area contributed by atoms with Gasteiger partial charge in [-0.3, -0.25) is 4.79 Å². The van der Waals surface area contributed by atoms with Gasteiger partial charge in [-0.1, -0.05) is 32.9 Å². The lowest BCUT2D eigenvalue weighted by Gasteiger charge is -2.60. The molecule has 0 aliphatic heterocycles. The van der Waals surface area contributed by atoms with E-state index in [0.717, 1.165) is 38.5 Å². The molecular weight excluding hydrogens is 352 g/mol. The Bertz CT molecular complexity index is 645. The lowest BCUT2D eigenvalue weighted by Crippen LogP contribution is -2.57. The summed E-state index contributed by atoms with van der Waals surface area (Å²) < 4.78 is 0. The maximum atomic E-state index is 11.4. The van der Waals surface area contributed by atoms with Crippen molar-refractivity contribution >= 4 is 5.97 Å². The van der Waals surface area contributed by atoms with E-state index in [0.29, 0.717) is 41.9 Å². The molecule has 1 unspecified atom stereocenters. The van der Waals surface area contributed by atoms with Crippen LogP contribution in [0, 0.1) is 46.3 Å². The van der Waals surface area contributed by atoms with E-state index in [4.69, 9.17) is 5.11 Å². The first-order chi connectivity index (χ1) is 13.2. The van der Waals surface area contributed by atoms with Gasteiger partial charge >= 0.3 is 5.97 Å². The minimum Gasteiger partial charge on any atom is -0.481 e. The summed E-state index contributed by atoms with van der Waals surface area (Å²) >= 11 is 0. The molecule has 0 radical (unpaired) electrons. The number of allylic oxidation sites excluding steroid dienone is 2. The highest BCUT2D eigenvalue weighted by molar-refractivity contribution is 5.66. The third kappa shape index (κ3) is 2.98. The lowest BCUT2D eigenvalue weighted by atomic mass is 9.45. The number of hydrogen-bond donors (Lipinski definition) is 3. The number of carbonyl (C=O) groups is 1. The van der Waals surface area contributed by atoms with Crippen LogP contribution >= 0.6 is 0 Å². The van der Waals surface area contributed by atoms with Crippen LogP contribution in [0.4, 0.5) is 0 Å². The maximum Gasteiger partial charge on any atom is 0.303 e. The second-order valence-electron chi connectivity index (χ2n) is 10.9. The molecule has 3 fully saturated rings. The molecule has 3 N–H and O–H groups in total. The molecule has 3 saturated carbocycles. The highest BCUT2D eigenvalue weighted by atomic mass is 16.4. The van der Waals surface area contributed by atoms with E-state index in [9.17, 15) is 15.0 Å². The van der Waals surface area contributed by atoms with Gasteiger partial charge in [-0.25, -0.2) is 0 Å². The third-order valence-corrected chi connectivity index (χ3v) is 9.81. The van der Waals surface area contributed by atoms with Gasteiger partial charge in [-0.05, 0) is 91.3 Å².